The molecule has 15 nitrogen and oxygen atoms in total. The van der Waals surface area contributed by atoms with E-state index in [4.69, 9.17) is 33.7 Å². The van der Waals surface area contributed by atoms with E-state index in [0.29, 0.717) is 73.0 Å². The topological polar surface area (TPSA) is 160 Å². The Labute approximate surface area is 418 Å². The lowest BCUT2D eigenvalue weighted by Crippen LogP contribution is -2.27. The molecular formula is C50H60FN7O8S3Si. The number of carbonyl (C=O) groups is 1. The summed E-state index contributed by atoms with van der Waals surface area (Å²) in [5.41, 5.74) is 3.30. The molecule has 3 aromatic heterocycles. The first-order valence-corrected chi connectivity index (χ1v) is 29.7. The number of carbonyl (C=O) groups excluding carboxylic acids is 1. The van der Waals surface area contributed by atoms with E-state index in [-0.39, 0.29) is 35.6 Å². The number of hydrogen-bond acceptors (Lipinski definition) is 15. The van der Waals surface area contributed by atoms with Crippen LogP contribution in [-0.4, -0.2) is 105 Å². The maximum atomic E-state index is 15.2. The first-order chi connectivity index (χ1) is 33.3. The Balaban J connectivity index is 1.06. The molecule has 70 heavy (non-hydrogen) atoms. The lowest BCUT2D eigenvalue weighted by Gasteiger charge is -2.23. The molecule has 3 aromatic carbocycles. The molecule has 1 aliphatic heterocycles. The number of anilines is 2. The summed E-state index contributed by atoms with van der Waals surface area (Å²) in [5, 5.41) is 9.83. The highest BCUT2D eigenvalue weighted by molar-refractivity contribution is 7.89. The number of hydrogen-bond donors (Lipinski definition) is 0. The predicted molar refractivity (Wildman–Crippen MR) is 274 cm³/mol. The Hall–Kier alpha value is -5.37. The standard InChI is InChI=1S/C50H60FN7O8S3Si/c1-34-18-21-38(22-19-34)69(60,61)56(5)25-12-14-36-20-23-41(39(51)31-36)64-27-13-17-43-45(47(59)62-6)52-48(68-43)57(26-24-37-32-65-50(3,4)66-37)44-30-35(2)46(55-54-44)53-49-58(33-63-28-29-70(7,8)9)40-15-10-11-16-42(40)67-49/h10-11,15-16,18-23,30-31,37H,13,17,24-29,32-33H2,1-9H3. The third kappa shape index (κ3) is 13.5. The van der Waals surface area contributed by atoms with Crippen LogP contribution < -0.4 is 14.4 Å². The molecule has 1 aliphatic rings. The smallest absolute Gasteiger partial charge is 0.357 e. The summed E-state index contributed by atoms with van der Waals surface area (Å²) in [7, 11) is -2.24. The molecule has 372 valence electrons. The maximum Gasteiger partial charge on any atom is 0.357 e. The third-order valence-electron chi connectivity index (χ3n) is 11.3. The van der Waals surface area contributed by atoms with E-state index in [1.807, 2.05) is 50.8 Å². The van der Waals surface area contributed by atoms with Gasteiger partial charge in [-0.15, -0.1) is 21.5 Å². The second-order valence-corrected chi connectivity index (χ2v) is 28.3. The molecule has 6 aromatic rings. The van der Waals surface area contributed by atoms with Gasteiger partial charge in [-0.05, 0) is 107 Å². The van der Waals surface area contributed by atoms with Crippen LogP contribution in [0, 0.1) is 31.5 Å². The zero-order chi connectivity index (χ0) is 50.2. The van der Waals surface area contributed by atoms with Crippen molar-refractivity contribution in [1.82, 2.24) is 24.1 Å². The fourth-order valence-electron chi connectivity index (χ4n) is 7.27. The van der Waals surface area contributed by atoms with Crippen LogP contribution in [0.4, 0.5) is 21.2 Å². The number of para-hydroxylation sites is 1. The highest BCUT2D eigenvalue weighted by Gasteiger charge is 2.33. The largest absolute Gasteiger partial charge is 0.491 e. The second-order valence-electron chi connectivity index (χ2n) is 18.6. The van der Waals surface area contributed by atoms with Gasteiger partial charge in [0, 0.05) is 38.7 Å². The number of methoxy groups -OCH3 is 1. The van der Waals surface area contributed by atoms with Crippen LogP contribution in [0.1, 0.15) is 58.7 Å². The molecule has 0 saturated carbocycles. The summed E-state index contributed by atoms with van der Waals surface area (Å²) < 4.78 is 74.6. The number of nitrogens with zero attached hydrogens (tertiary/aromatic N) is 7. The highest BCUT2D eigenvalue weighted by atomic mass is 32.2. The molecule has 1 saturated heterocycles. The third-order valence-corrected chi connectivity index (χ3v) is 17.0. The molecule has 0 bridgehead atoms. The molecule has 0 aliphatic carbocycles. The summed E-state index contributed by atoms with van der Waals surface area (Å²) >= 11 is 2.89. The van der Waals surface area contributed by atoms with Gasteiger partial charge in [0.1, 0.15) is 6.73 Å². The molecule has 20 heteroatoms. The summed E-state index contributed by atoms with van der Waals surface area (Å²) in [6.45, 7) is 16.5. The number of aryl methyl sites for hydroxylation is 3. The van der Waals surface area contributed by atoms with Crippen LogP contribution in [-0.2, 0) is 42.1 Å². The fourth-order valence-corrected chi connectivity index (χ4v) is 11.2. The molecule has 0 spiro atoms. The van der Waals surface area contributed by atoms with Crippen molar-refractivity contribution < 1.29 is 41.3 Å². The van der Waals surface area contributed by atoms with E-state index in [2.05, 4.69) is 58.4 Å². The Morgan fingerprint density at radius 2 is 1.81 bits per heavy atom. The van der Waals surface area contributed by atoms with E-state index in [1.54, 1.807) is 41.7 Å². The average molecular weight is 1030 g/mol. The minimum Gasteiger partial charge on any atom is -0.491 e. The Morgan fingerprint density at radius 1 is 1.04 bits per heavy atom. The van der Waals surface area contributed by atoms with Gasteiger partial charge in [0.05, 0.1) is 48.1 Å². The van der Waals surface area contributed by atoms with Gasteiger partial charge >= 0.3 is 5.97 Å². The number of rotatable bonds is 20. The van der Waals surface area contributed by atoms with Crippen LogP contribution in [0.2, 0.25) is 25.7 Å². The van der Waals surface area contributed by atoms with Gasteiger partial charge in [-0.1, -0.05) is 72.6 Å². The monoisotopic (exact) mass is 1030 g/mol. The van der Waals surface area contributed by atoms with Crippen molar-refractivity contribution in [3.63, 3.8) is 0 Å². The fraction of sp³-hybridized carbons (Fsp3) is 0.420. The van der Waals surface area contributed by atoms with Gasteiger partial charge in [-0.3, -0.25) is 4.57 Å². The number of halogens is 1. The van der Waals surface area contributed by atoms with Crippen LogP contribution in [0.3, 0.4) is 0 Å². The summed E-state index contributed by atoms with van der Waals surface area (Å²) in [4.78, 5) is 26.5. The Morgan fingerprint density at radius 3 is 2.51 bits per heavy atom. The summed E-state index contributed by atoms with van der Waals surface area (Å²) in [5.74, 6) is 4.75. The molecule has 0 radical (unpaired) electrons. The normalized spacial score (nSPS) is 15.1. The SMILES string of the molecule is COC(=O)c1nc(N(CCC2COC(C)(C)O2)c2cc(C)c(N=c3sc4ccccc4n3COCC[Si](C)(C)C)nn2)sc1CCCOc1ccc(C#CCN(C)S(=O)(=O)c2ccc(C)cc2)cc1F. The van der Waals surface area contributed by atoms with Crippen molar-refractivity contribution in [1.29, 1.82) is 0 Å². The van der Waals surface area contributed by atoms with Gasteiger partial charge in [-0.25, -0.2) is 22.6 Å². The Bertz CT molecular complexity index is 3050. The van der Waals surface area contributed by atoms with Crippen LogP contribution >= 0.6 is 22.7 Å². The van der Waals surface area contributed by atoms with Crippen LogP contribution in [0.25, 0.3) is 10.2 Å². The lowest BCUT2D eigenvalue weighted by molar-refractivity contribution is -0.138. The Kier molecular flexibility index (Phi) is 17.1. The maximum absolute atomic E-state index is 15.2. The number of aromatic nitrogens is 4. The van der Waals surface area contributed by atoms with Crippen molar-refractivity contribution in [2.75, 3.05) is 52.0 Å². The molecular weight excluding hydrogens is 970 g/mol. The van der Waals surface area contributed by atoms with Gasteiger partial charge in [0.2, 0.25) is 10.0 Å². The van der Waals surface area contributed by atoms with Crippen molar-refractivity contribution in [3.8, 4) is 17.6 Å². The number of fused-ring (bicyclic) bond motifs is 1. The minimum atomic E-state index is -3.73. The number of ether oxygens (including phenoxy) is 5. The molecule has 1 atom stereocenters. The van der Waals surface area contributed by atoms with Crippen molar-refractivity contribution in [2.24, 2.45) is 4.99 Å². The van der Waals surface area contributed by atoms with E-state index in [0.717, 1.165) is 36.5 Å². The van der Waals surface area contributed by atoms with Gasteiger partial charge < -0.3 is 28.6 Å². The second kappa shape index (κ2) is 22.8. The van der Waals surface area contributed by atoms with E-state index in [1.165, 1.54) is 37.6 Å². The average Bonchev–Trinajstić information content (AvgIpc) is 4.01. The number of benzene rings is 3. The van der Waals surface area contributed by atoms with E-state index >= 15 is 4.39 Å². The molecule has 4 heterocycles. The summed E-state index contributed by atoms with van der Waals surface area (Å²) in [6, 6.07) is 22.0. The van der Waals surface area contributed by atoms with Gasteiger partial charge in [0.25, 0.3) is 0 Å². The summed E-state index contributed by atoms with van der Waals surface area (Å²) in [6.07, 6.45) is 1.18. The molecule has 0 amide bonds. The van der Waals surface area contributed by atoms with Crippen molar-refractivity contribution >= 4 is 73.7 Å². The molecule has 0 N–H and O–H groups in total. The molecule has 1 fully saturated rings. The minimum absolute atomic E-state index is 0.0346. The predicted octanol–water partition coefficient (Wildman–Crippen LogP) is 9.40. The zero-order valence-electron chi connectivity index (χ0n) is 41.1. The number of esters is 1. The quantitative estimate of drug-likeness (QED) is 0.0309. The number of sulfonamides is 1. The van der Waals surface area contributed by atoms with Gasteiger partial charge in [-0.2, -0.15) is 9.30 Å². The first kappa shape index (κ1) is 52.5. The number of thiazole rings is 2. The highest BCUT2D eigenvalue weighted by Crippen LogP contribution is 2.35. The molecule has 7 rings (SSSR count). The lowest BCUT2D eigenvalue weighted by atomic mass is 10.2. The van der Waals surface area contributed by atoms with E-state index in [9.17, 15) is 13.2 Å². The van der Waals surface area contributed by atoms with Crippen molar-refractivity contribution in [2.45, 2.75) is 96.2 Å². The van der Waals surface area contributed by atoms with E-state index < -0.39 is 35.7 Å². The van der Waals surface area contributed by atoms with Crippen molar-refractivity contribution in [3.05, 3.63) is 111 Å². The first-order valence-electron chi connectivity index (χ1n) is 23.0. The zero-order valence-corrected chi connectivity index (χ0v) is 44.5. The van der Waals surface area contributed by atoms with Gasteiger partial charge in [0.15, 0.2) is 44.6 Å². The van der Waals surface area contributed by atoms with Crippen LogP contribution in [0.15, 0.2) is 82.7 Å². The van der Waals surface area contributed by atoms with Crippen LogP contribution in [0.5, 0.6) is 5.75 Å². The molecule has 1 unspecified atom stereocenters.